The van der Waals surface area contributed by atoms with Gasteiger partial charge in [-0.25, -0.2) is 4.79 Å². The SMILES string of the molecule is Cc1nnc2ccc3c(cc(-c4ccn(CCOC(=O)C(F)(F)F)n4)n3Cc3cccc(Cl)c3)n12. The van der Waals surface area contributed by atoms with E-state index >= 15 is 0 Å². The summed E-state index contributed by atoms with van der Waals surface area (Å²) in [7, 11) is 0. The zero-order valence-electron chi connectivity index (χ0n) is 18.3. The summed E-state index contributed by atoms with van der Waals surface area (Å²) in [5.74, 6) is -1.49. The number of hydrogen-bond donors (Lipinski definition) is 0. The summed E-state index contributed by atoms with van der Waals surface area (Å²) in [5.41, 5.74) is 4.88. The smallest absolute Gasteiger partial charge is 0.457 e. The number of pyridine rings is 1. The first-order valence-corrected chi connectivity index (χ1v) is 10.9. The van der Waals surface area contributed by atoms with Crippen molar-refractivity contribution in [2.45, 2.75) is 26.2 Å². The number of aromatic nitrogens is 6. The molecule has 0 saturated heterocycles. The van der Waals surface area contributed by atoms with E-state index in [2.05, 4.69) is 24.6 Å². The molecule has 0 fully saturated rings. The number of ether oxygens (including phenoxy) is 1. The topological polar surface area (TPSA) is 79.2 Å². The van der Waals surface area contributed by atoms with Crippen molar-refractivity contribution in [3.8, 4) is 11.4 Å². The van der Waals surface area contributed by atoms with E-state index in [4.69, 9.17) is 11.6 Å². The number of halogens is 4. The molecule has 0 atom stereocenters. The van der Waals surface area contributed by atoms with Gasteiger partial charge in [-0.3, -0.25) is 9.08 Å². The maximum Gasteiger partial charge on any atom is 0.490 e. The Morgan fingerprint density at radius 2 is 1.91 bits per heavy atom. The minimum absolute atomic E-state index is 0.0227. The van der Waals surface area contributed by atoms with E-state index < -0.39 is 18.8 Å². The molecule has 4 aromatic heterocycles. The summed E-state index contributed by atoms with van der Waals surface area (Å²) in [6.45, 7) is 1.89. The summed E-state index contributed by atoms with van der Waals surface area (Å²) >= 11 is 6.19. The fourth-order valence-corrected chi connectivity index (χ4v) is 4.19. The molecule has 0 bridgehead atoms. The van der Waals surface area contributed by atoms with Crippen LogP contribution in [0.5, 0.6) is 0 Å². The Bertz CT molecular complexity index is 1550. The lowest BCUT2D eigenvalue weighted by molar-refractivity contribution is -0.199. The summed E-state index contributed by atoms with van der Waals surface area (Å²) in [6, 6.07) is 15.1. The van der Waals surface area contributed by atoms with Gasteiger partial charge >= 0.3 is 12.1 Å². The molecule has 0 N–H and O–H groups in total. The van der Waals surface area contributed by atoms with Crippen molar-refractivity contribution in [2.24, 2.45) is 0 Å². The number of rotatable bonds is 6. The zero-order valence-corrected chi connectivity index (χ0v) is 19.1. The van der Waals surface area contributed by atoms with Crippen LogP contribution in [0, 0.1) is 6.92 Å². The van der Waals surface area contributed by atoms with E-state index in [9.17, 15) is 18.0 Å². The standard InChI is InChI=1S/C23H18ClF3N6O2/c1-14-28-29-21-6-5-18-20(33(14)21)12-19(32(18)13-15-3-2-4-16(24)11-15)17-7-8-31(30-17)9-10-35-22(34)23(25,26)27/h2-8,11-12H,9-10,13H2,1H3. The number of hydrogen-bond acceptors (Lipinski definition) is 5. The van der Waals surface area contributed by atoms with E-state index in [-0.39, 0.29) is 6.54 Å². The molecule has 5 aromatic rings. The quantitative estimate of drug-likeness (QED) is 0.315. The molecular formula is C23H18ClF3N6O2. The van der Waals surface area contributed by atoms with Gasteiger partial charge in [0.2, 0.25) is 0 Å². The molecule has 180 valence electrons. The Morgan fingerprint density at radius 3 is 2.69 bits per heavy atom. The van der Waals surface area contributed by atoms with Crippen LogP contribution in [0.2, 0.25) is 5.02 Å². The van der Waals surface area contributed by atoms with E-state index in [1.807, 2.05) is 47.7 Å². The molecule has 8 nitrogen and oxygen atoms in total. The summed E-state index contributed by atoms with van der Waals surface area (Å²) < 4.78 is 46.8. The maximum absolute atomic E-state index is 12.3. The molecule has 4 heterocycles. The van der Waals surface area contributed by atoms with Crippen molar-refractivity contribution in [1.82, 2.24) is 28.9 Å². The first kappa shape index (κ1) is 22.9. The monoisotopic (exact) mass is 502 g/mol. The lowest BCUT2D eigenvalue weighted by Crippen LogP contribution is -2.26. The number of carbonyl (C=O) groups is 1. The number of carbonyl (C=O) groups excluding carboxylic acids is 1. The third-order valence-electron chi connectivity index (χ3n) is 5.52. The highest BCUT2D eigenvalue weighted by molar-refractivity contribution is 6.30. The van der Waals surface area contributed by atoms with Crippen molar-refractivity contribution >= 4 is 34.3 Å². The van der Waals surface area contributed by atoms with Crippen LogP contribution in [0.1, 0.15) is 11.4 Å². The minimum atomic E-state index is -5.03. The van der Waals surface area contributed by atoms with E-state index in [1.165, 1.54) is 4.68 Å². The summed E-state index contributed by atoms with van der Waals surface area (Å²) in [4.78, 5) is 10.9. The first-order valence-electron chi connectivity index (χ1n) is 10.6. The zero-order chi connectivity index (χ0) is 24.7. The Balaban J connectivity index is 1.52. The molecule has 0 radical (unpaired) electrons. The van der Waals surface area contributed by atoms with E-state index in [0.29, 0.717) is 22.9 Å². The molecule has 0 amide bonds. The second-order valence-corrected chi connectivity index (χ2v) is 8.32. The fourth-order valence-electron chi connectivity index (χ4n) is 3.98. The number of benzene rings is 1. The molecule has 0 unspecified atom stereocenters. The average molecular weight is 503 g/mol. The third kappa shape index (κ3) is 4.46. The van der Waals surface area contributed by atoms with Crippen molar-refractivity contribution < 1.29 is 22.7 Å². The maximum atomic E-state index is 12.3. The van der Waals surface area contributed by atoms with Crippen molar-refractivity contribution in [2.75, 3.05) is 6.61 Å². The second-order valence-electron chi connectivity index (χ2n) is 7.89. The predicted molar refractivity (Wildman–Crippen MR) is 122 cm³/mol. The molecule has 1 aromatic carbocycles. The van der Waals surface area contributed by atoms with Crippen molar-refractivity contribution in [3.05, 3.63) is 71.1 Å². The van der Waals surface area contributed by atoms with Gasteiger partial charge in [0.15, 0.2) is 5.65 Å². The molecule has 12 heteroatoms. The van der Waals surface area contributed by atoms with Crippen LogP contribution in [0.15, 0.2) is 54.7 Å². The van der Waals surface area contributed by atoms with Gasteiger partial charge in [0.25, 0.3) is 0 Å². The van der Waals surface area contributed by atoms with Gasteiger partial charge in [0.1, 0.15) is 18.1 Å². The normalized spacial score (nSPS) is 12.0. The fraction of sp³-hybridized carbons (Fsp3) is 0.217. The number of nitrogens with zero attached hydrogens (tertiary/aromatic N) is 6. The molecule has 35 heavy (non-hydrogen) atoms. The highest BCUT2D eigenvalue weighted by Gasteiger charge is 2.40. The van der Waals surface area contributed by atoms with Crippen LogP contribution in [-0.2, 0) is 22.6 Å². The van der Waals surface area contributed by atoms with Gasteiger partial charge < -0.3 is 9.30 Å². The molecule has 0 saturated carbocycles. The van der Waals surface area contributed by atoms with Gasteiger partial charge in [0, 0.05) is 17.8 Å². The number of esters is 1. The molecule has 0 aliphatic carbocycles. The van der Waals surface area contributed by atoms with Gasteiger partial charge in [-0.2, -0.15) is 18.3 Å². The van der Waals surface area contributed by atoms with Crippen molar-refractivity contribution in [3.63, 3.8) is 0 Å². The molecular weight excluding hydrogens is 485 g/mol. The average Bonchev–Trinajstić information content (AvgIpc) is 3.51. The largest absolute Gasteiger partial charge is 0.490 e. The minimum Gasteiger partial charge on any atom is -0.457 e. The Kier molecular flexibility index (Phi) is 5.72. The van der Waals surface area contributed by atoms with Crippen LogP contribution >= 0.6 is 11.6 Å². The van der Waals surface area contributed by atoms with Gasteiger partial charge in [-0.15, -0.1) is 10.2 Å². The summed E-state index contributed by atoms with van der Waals surface area (Å²) in [6.07, 6.45) is -3.40. The van der Waals surface area contributed by atoms with Gasteiger partial charge in [-0.05, 0) is 48.9 Å². The molecule has 5 rings (SSSR count). The Morgan fingerprint density at radius 1 is 1.09 bits per heavy atom. The van der Waals surface area contributed by atoms with Gasteiger partial charge in [0.05, 0.1) is 23.3 Å². The highest BCUT2D eigenvalue weighted by Crippen LogP contribution is 2.30. The van der Waals surface area contributed by atoms with E-state index in [1.54, 1.807) is 18.3 Å². The number of aryl methyl sites for hydroxylation is 1. The molecule has 0 aliphatic heterocycles. The van der Waals surface area contributed by atoms with Crippen LogP contribution in [0.4, 0.5) is 13.2 Å². The number of fused-ring (bicyclic) bond motifs is 3. The van der Waals surface area contributed by atoms with Crippen LogP contribution in [0.3, 0.4) is 0 Å². The van der Waals surface area contributed by atoms with Crippen LogP contribution < -0.4 is 0 Å². The molecule has 0 spiro atoms. The first-order chi connectivity index (χ1) is 16.7. The van der Waals surface area contributed by atoms with Crippen LogP contribution in [0.25, 0.3) is 28.1 Å². The number of alkyl halides is 3. The Labute approximate surface area is 201 Å². The van der Waals surface area contributed by atoms with E-state index in [0.717, 1.165) is 28.1 Å². The van der Waals surface area contributed by atoms with Crippen molar-refractivity contribution in [1.29, 1.82) is 0 Å². The summed E-state index contributed by atoms with van der Waals surface area (Å²) in [5, 5.41) is 13.5. The third-order valence-corrected chi connectivity index (χ3v) is 5.75. The van der Waals surface area contributed by atoms with Crippen LogP contribution in [-0.4, -0.2) is 47.7 Å². The van der Waals surface area contributed by atoms with Gasteiger partial charge in [-0.1, -0.05) is 23.7 Å². The highest BCUT2D eigenvalue weighted by atomic mass is 35.5. The second kappa shape index (κ2) is 8.73. The lowest BCUT2D eigenvalue weighted by atomic mass is 10.2. The predicted octanol–water partition coefficient (Wildman–Crippen LogP) is 4.66. The molecule has 0 aliphatic rings. The lowest BCUT2D eigenvalue weighted by Gasteiger charge is -2.11. The Hall–Kier alpha value is -3.86.